The summed E-state index contributed by atoms with van der Waals surface area (Å²) in [5.74, 6) is -0.0892. The van der Waals surface area contributed by atoms with Crippen LogP contribution in [0.5, 0.6) is 11.5 Å². The molecule has 0 radical (unpaired) electrons. The highest BCUT2D eigenvalue weighted by Gasteiger charge is 2.26. The molecule has 1 aliphatic heterocycles. The van der Waals surface area contributed by atoms with Gasteiger partial charge in [-0.3, -0.25) is 0 Å². The van der Waals surface area contributed by atoms with Crippen LogP contribution in [0.4, 0.5) is 0 Å². The Morgan fingerprint density at radius 2 is 2.00 bits per heavy atom. The normalized spacial score (nSPS) is 18.7. The van der Waals surface area contributed by atoms with Crippen LogP contribution < -0.4 is 5.32 Å². The number of hydrogen-bond acceptors (Lipinski definition) is 4. The molecule has 1 fully saturated rings. The van der Waals surface area contributed by atoms with Gasteiger partial charge in [-0.1, -0.05) is 19.1 Å². The smallest absolute Gasteiger partial charge is 0.161 e. The van der Waals surface area contributed by atoms with Gasteiger partial charge in [0.25, 0.3) is 0 Å². The van der Waals surface area contributed by atoms with Gasteiger partial charge in [-0.2, -0.15) is 0 Å². The lowest BCUT2D eigenvalue weighted by Gasteiger charge is -2.33. The lowest BCUT2D eigenvalue weighted by atomic mass is 9.82. The van der Waals surface area contributed by atoms with Gasteiger partial charge >= 0.3 is 0 Å². The largest absolute Gasteiger partial charge is 0.504 e. The van der Waals surface area contributed by atoms with E-state index in [2.05, 4.69) is 12.2 Å². The maximum absolute atomic E-state index is 9.69. The van der Waals surface area contributed by atoms with Crippen LogP contribution in [0.15, 0.2) is 18.2 Å². The second kappa shape index (κ2) is 5.59. The second-order valence-electron chi connectivity index (χ2n) is 5.31. The van der Waals surface area contributed by atoms with E-state index in [1.807, 2.05) is 6.07 Å². The fourth-order valence-electron chi connectivity index (χ4n) is 2.26. The third-order valence-corrected chi connectivity index (χ3v) is 3.67. The zero-order valence-electron chi connectivity index (χ0n) is 10.8. The quantitative estimate of drug-likeness (QED) is 0.716. The molecule has 1 aromatic carbocycles. The molecule has 0 atom stereocenters. The Morgan fingerprint density at radius 1 is 1.28 bits per heavy atom. The molecule has 18 heavy (non-hydrogen) atoms. The number of phenolic OH excluding ortho intramolecular Hbond substituents is 2. The molecule has 2 rings (SSSR count). The maximum Gasteiger partial charge on any atom is 0.161 e. The molecule has 4 nitrogen and oxygen atoms in total. The summed E-state index contributed by atoms with van der Waals surface area (Å²) in [4.78, 5) is 0. The minimum Gasteiger partial charge on any atom is -0.504 e. The second-order valence-corrected chi connectivity index (χ2v) is 5.31. The molecule has 0 unspecified atom stereocenters. The maximum atomic E-state index is 9.69. The standard InChI is InChI=1S/C14H21NO3/c1-14(5-7-18-8-6-14)10-15-9-11-3-2-4-12(16)13(11)17/h2-4,15-17H,5-10H2,1H3. The van der Waals surface area contributed by atoms with E-state index in [1.165, 1.54) is 6.07 Å². The van der Waals surface area contributed by atoms with E-state index in [0.717, 1.165) is 38.2 Å². The lowest BCUT2D eigenvalue weighted by Crippen LogP contribution is -2.36. The number of benzene rings is 1. The number of hydrogen-bond donors (Lipinski definition) is 3. The van der Waals surface area contributed by atoms with Crippen molar-refractivity contribution in [2.75, 3.05) is 19.8 Å². The molecule has 1 heterocycles. The first kappa shape index (κ1) is 13.2. The average molecular weight is 251 g/mol. The summed E-state index contributed by atoms with van der Waals surface area (Å²) < 4.78 is 5.36. The van der Waals surface area contributed by atoms with Crippen LogP contribution in [0.3, 0.4) is 0 Å². The molecule has 1 saturated heterocycles. The van der Waals surface area contributed by atoms with Gasteiger partial charge in [0.1, 0.15) is 0 Å². The highest BCUT2D eigenvalue weighted by Crippen LogP contribution is 2.30. The number of ether oxygens (including phenoxy) is 1. The van der Waals surface area contributed by atoms with Crippen LogP contribution in [0.1, 0.15) is 25.3 Å². The van der Waals surface area contributed by atoms with Crippen LogP contribution in [-0.4, -0.2) is 30.0 Å². The van der Waals surface area contributed by atoms with Crippen molar-refractivity contribution in [2.45, 2.75) is 26.3 Å². The van der Waals surface area contributed by atoms with Crippen LogP contribution in [0.2, 0.25) is 0 Å². The molecular weight excluding hydrogens is 230 g/mol. The van der Waals surface area contributed by atoms with Crippen molar-refractivity contribution < 1.29 is 14.9 Å². The van der Waals surface area contributed by atoms with Crippen molar-refractivity contribution in [3.05, 3.63) is 23.8 Å². The number of aromatic hydroxyl groups is 2. The van der Waals surface area contributed by atoms with Gasteiger partial charge in [0, 0.05) is 31.9 Å². The fraction of sp³-hybridized carbons (Fsp3) is 0.571. The molecule has 1 aromatic rings. The van der Waals surface area contributed by atoms with Gasteiger partial charge in [-0.25, -0.2) is 0 Å². The Morgan fingerprint density at radius 3 is 2.72 bits per heavy atom. The van der Waals surface area contributed by atoms with Gasteiger partial charge in [-0.15, -0.1) is 0 Å². The summed E-state index contributed by atoms with van der Waals surface area (Å²) >= 11 is 0. The lowest BCUT2D eigenvalue weighted by molar-refractivity contribution is 0.0240. The third kappa shape index (κ3) is 3.15. The predicted molar refractivity (Wildman–Crippen MR) is 69.6 cm³/mol. The Labute approximate surface area is 108 Å². The van der Waals surface area contributed by atoms with Crippen molar-refractivity contribution in [1.29, 1.82) is 0 Å². The minimum atomic E-state index is -0.0634. The first-order chi connectivity index (χ1) is 8.61. The van der Waals surface area contributed by atoms with Crippen molar-refractivity contribution in [2.24, 2.45) is 5.41 Å². The molecular formula is C14H21NO3. The summed E-state index contributed by atoms with van der Waals surface area (Å²) in [6.07, 6.45) is 2.12. The summed E-state index contributed by atoms with van der Waals surface area (Å²) in [6.45, 7) is 5.37. The van der Waals surface area contributed by atoms with Crippen LogP contribution in [0.25, 0.3) is 0 Å². The molecule has 0 bridgehead atoms. The summed E-state index contributed by atoms with van der Waals surface area (Å²) in [5.41, 5.74) is 0.996. The molecule has 0 aliphatic carbocycles. The highest BCUT2D eigenvalue weighted by molar-refractivity contribution is 5.44. The number of phenols is 2. The van der Waals surface area contributed by atoms with Crippen LogP contribution >= 0.6 is 0 Å². The topological polar surface area (TPSA) is 61.7 Å². The van der Waals surface area contributed by atoms with E-state index < -0.39 is 0 Å². The first-order valence-corrected chi connectivity index (χ1v) is 6.39. The van der Waals surface area contributed by atoms with Crippen LogP contribution in [0, 0.1) is 5.41 Å². The Kier molecular flexibility index (Phi) is 4.09. The summed E-state index contributed by atoms with van der Waals surface area (Å²) in [6, 6.07) is 5.04. The SMILES string of the molecule is CC1(CNCc2cccc(O)c2O)CCOCC1. The van der Waals surface area contributed by atoms with Crippen LogP contribution in [-0.2, 0) is 11.3 Å². The van der Waals surface area contributed by atoms with E-state index in [1.54, 1.807) is 6.07 Å². The average Bonchev–Trinajstić information content (AvgIpc) is 2.35. The Hall–Kier alpha value is -1.26. The third-order valence-electron chi connectivity index (χ3n) is 3.67. The number of para-hydroxylation sites is 1. The Balaban J connectivity index is 1.86. The van der Waals surface area contributed by atoms with Gasteiger partial charge < -0.3 is 20.3 Å². The van der Waals surface area contributed by atoms with E-state index >= 15 is 0 Å². The van der Waals surface area contributed by atoms with E-state index in [9.17, 15) is 10.2 Å². The van der Waals surface area contributed by atoms with Crippen molar-refractivity contribution in [1.82, 2.24) is 5.32 Å². The zero-order valence-corrected chi connectivity index (χ0v) is 10.8. The first-order valence-electron chi connectivity index (χ1n) is 6.39. The molecule has 0 aromatic heterocycles. The molecule has 3 N–H and O–H groups in total. The van der Waals surface area contributed by atoms with Crippen molar-refractivity contribution in [3.8, 4) is 11.5 Å². The molecule has 0 spiro atoms. The molecule has 1 aliphatic rings. The van der Waals surface area contributed by atoms with Gasteiger partial charge in [0.2, 0.25) is 0 Å². The summed E-state index contributed by atoms with van der Waals surface area (Å²) in [7, 11) is 0. The zero-order chi connectivity index (χ0) is 13.0. The summed E-state index contributed by atoms with van der Waals surface area (Å²) in [5, 5.41) is 22.4. The van der Waals surface area contributed by atoms with Crippen molar-refractivity contribution >= 4 is 0 Å². The van der Waals surface area contributed by atoms with E-state index in [4.69, 9.17) is 4.74 Å². The minimum absolute atomic E-state index is 0.0258. The highest BCUT2D eigenvalue weighted by atomic mass is 16.5. The predicted octanol–water partition coefficient (Wildman–Crippen LogP) is 2.00. The van der Waals surface area contributed by atoms with E-state index in [-0.39, 0.29) is 16.9 Å². The Bertz CT molecular complexity index is 400. The van der Waals surface area contributed by atoms with Gasteiger partial charge in [-0.05, 0) is 24.3 Å². The number of rotatable bonds is 4. The molecule has 4 heteroatoms. The van der Waals surface area contributed by atoms with Gasteiger partial charge in [0.05, 0.1) is 0 Å². The van der Waals surface area contributed by atoms with Crippen molar-refractivity contribution in [3.63, 3.8) is 0 Å². The number of nitrogens with one attached hydrogen (secondary N) is 1. The molecule has 0 saturated carbocycles. The molecule has 100 valence electrons. The van der Waals surface area contributed by atoms with E-state index in [0.29, 0.717) is 6.54 Å². The van der Waals surface area contributed by atoms with Gasteiger partial charge in [0.15, 0.2) is 11.5 Å². The fourth-order valence-corrected chi connectivity index (χ4v) is 2.26. The monoisotopic (exact) mass is 251 g/mol. The molecule has 0 amide bonds.